The van der Waals surface area contributed by atoms with Gasteiger partial charge in [0.05, 0.1) is 28.8 Å². The molecule has 1 unspecified atom stereocenters. The van der Waals surface area contributed by atoms with Gasteiger partial charge in [0.2, 0.25) is 0 Å². The van der Waals surface area contributed by atoms with Crippen LogP contribution in [0.15, 0.2) is 42.9 Å². The van der Waals surface area contributed by atoms with E-state index in [1.54, 1.807) is 17.2 Å². The van der Waals surface area contributed by atoms with Gasteiger partial charge in [0.25, 0.3) is 0 Å². The van der Waals surface area contributed by atoms with Crippen LogP contribution < -0.4 is 5.73 Å². The smallest absolute Gasteiger partial charge is 0.172 e. The summed E-state index contributed by atoms with van der Waals surface area (Å²) >= 11 is 6.20. The standard InChI is InChI=1S/C16H19ClN2O2/c1-4-19(10(8-18)9-20)14-11-6-5-7-12(17)13(11)15(21)16(14,2)3/h4-8,14,20H,1,9,18H2,2-3H3/b10-8-. The summed E-state index contributed by atoms with van der Waals surface area (Å²) in [6, 6.07) is 5.09. The fourth-order valence-electron chi connectivity index (χ4n) is 2.95. The van der Waals surface area contributed by atoms with E-state index in [1.807, 2.05) is 26.0 Å². The van der Waals surface area contributed by atoms with E-state index >= 15 is 0 Å². The van der Waals surface area contributed by atoms with Gasteiger partial charge in [-0.2, -0.15) is 0 Å². The molecule has 4 nitrogen and oxygen atoms in total. The average Bonchev–Trinajstić information content (AvgIpc) is 2.65. The maximum atomic E-state index is 12.7. The lowest BCUT2D eigenvalue weighted by Gasteiger charge is -2.37. The minimum absolute atomic E-state index is 0.0192. The number of halogens is 1. The Labute approximate surface area is 129 Å². The first kappa shape index (κ1) is 15.6. The van der Waals surface area contributed by atoms with Crippen molar-refractivity contribution in [3.63, 3.8) is 0 Å². The minimum atomic E-state index is -0.703. The maximum Gasteiger partial charge on any atom is 0.172 e. The van der Waals surface area contributed by atoms with Crippen LogP contribution in [-0.2, 0) is 0 Å². The van der Waals surface area contributed by atoms with Crippen molar-refractivity contribution < 1.29 is 9.90 Å². The number of carbonyl (C=O) groups is 1. The van der Waals surface area contributed by atoms with Gasteiger partial charge in [-0.3, -0.25) is 4.79 Å². The van der Waals surface area contributed by atoms with E-state index in [-0.39, 0.29) is 18.4 Å². The number of ketones is 1. The molecule has 0 aromatic heterocycles. The average molecular weight is 307 g/mol. The van der Waals surface area contributed by atoms with Crippen LogP contribution in [0.3, 0.4) is 0 Å². The van der Waals surface area contributed by atoms with Crippen molar-refractivity contribution >= 4 is 17.4 Å². The van der Waals surface area contributed by atoms with E-state index in [4.69, 9.17) is 17.3 Å². The van der Waals surface area contributed by atoms with Gasteiger partial charge >= 0.3 is 0 Å². The highest BCUT2D eigenvalue weighted by Gasteiger charge is 2.49. The summed E-state index contributed by atoms with van der Waals surface area (Å²) in [5, 5.41) is 9.92. The van der Waals surface area contributed by atoms with Gasteiger partial charge in [-0.1, -0.05) is 44.2 Å². The third-order valence-electron chi connectivity index (χ3n) is 4.00. The molecule has 1 aliphatic carbocycles. The fourth-order valence-corrected chi connectivity index (χ4v) is 3.22. The largest absolute Gasteiger partial charge is 0.403 e. The van der Waals surface area contributed by atoms with Crippen molar-refractivity contribution in [3.05, 3.63) is 59.0 Å². The summed E-state index contributed by atoms with van der Waals surface area (Å²) in [4.78, 5) is 14.4. The van der Waals surface area contributed by atoms with E-state index in [1.165, 1.54) is 6.20 Å². The molecule has 0 fully saturated rings. The van der Waals surface area contributed by atoms with E-state index in [2.05, 4.69) is 6.58 Å². The zero-order valence-corrected chi connectivity index (χ0v) is 12.9. The summed E-state index contributed by atoms with van der Waals surface area (Å²) in [5.74, 6) is -0.0192. The molecule has 0 saturated heterocycles. The summed E-state index contributed by atoms with van der Waals surface area (Å²) in [5.41, 5.74) is 6.73. The molecule has 1 aromatic rings. The minimum Gasteiger partial charge on any atom is -0.403 e. The van der Waals surface area contributed by atoms with Crippen molar-refractivity contribution in [1.29, 1.82) is 0 Å². The topological polar surface area (TPSA) is 66.6 Å². The molecule has 0 spiro atoms. The van der Waals surface area contributed by atoms with Crippen LogP contribution in [0.5, 0.6) is 0 Å². The Balaban J connectivity index is 2.66. The van der Waals surface area contributed by atoms with Gasteiger partial charge in [-0.25, -0.2) is 0 Å². The molecule has 1 aromatic carbocycles. The summed E-state index contributed by atoms with van der Waals surface area (Å²) < 4.78 is 0. The Morgan fingerprint density at radius 3 is 2.76 bits per heavy atom. The van der Waals surface area contributed by atoms with E-state index < -0.39 is 5.41 Å². The molecule has 1 aliphatic rings. The molecular weight excluding hydrogens is 288 g/mol. The van der Waals surface area contributed by atoms with Crippen LogP contribution in [0.25, 0.3) is 0 Å². The molecule has 112 valence electrons. The van der Waals surface area contributed by atoms with Gasteiger partial charge < -0.3 is 15.7 Å². The number of hydrogen-bond acceptors (Lipinski definition) is 4. The van der Waals surface area contributed by atoms with Crippen molar-refractivity contribution in [2.45, 2.75) is 19.9 Å². The van der Waals surface area contributed by atoms with Crippen LogP contribution in [-0.4, -0.2) is 22.4 Å². The Bertz CT molecular complexity index is 623. The van der Waals surface area contributed by atoms with Crippen LogP contribution in [0.4, 0.5) is 0 Å². The van der Waals surface area contributed by atoms with Crippen molar-refractivity contribution in [3.8, 4) is 0 Å². The van der Waals surface area contributed by atoms with E-state index in [9.17, 15) is 9.90 Å². The van der Waals surface area contributed by atoms with Crippen LogP contribution in [0, 0.1) is 5.41 Å². The molecule has 0 bridgehead atoms. The predicted molar refractivity (Wildman–Crippen MR) is 83.7 cm³/mol. The first-order valence-corrected chi connectivity index (χ1v) is 7.03. The second-order valence-corrected chi connectivity index (χ2v) is 5.97. The van der Waals surface area contributed by atoms with Gasteiger partial charge in [0.1, 0.15) is 0 Å². The number of nitrogens with zero attached hydrogens (tertiary/aromatic N) is 1. The predicted octanol–water partition coefficient (Wildman–Crippen LogP) is 2.84. The molecule has 0 saturated carbocycles. The third-order valence-corrected chi connectivity index (χ3v) is 4.31. The molecule has 0 amide bonds. The van der Waals surface area contributed by atoms with Crippen molar-refractivity contribution in [2.75, 3.05) is 6.61 Å². The van der Waals surface area contributed by atoms with Gasteiger partial charge in [0, 0.05) is 11.8 Å². The molecule has 5 heteroatoms. The van der Waals surface area contributed by atoms with Crippen molar-refractivity contribution in [2.24, 2.45) is 11.1 Å². The number of aliphatic hydroxyl groups excluding tert-OH is 1. The summed E-state index contributed by atoms with van der Waals surface area (Å²) in [6.07, 6.45) is 2.90. The highest BCUT2D eigenvalue weighted by Crippen LogP contribution is 2.51. The monoisotopic (exact) mass is 306 g/mol. The normalized spacial score (nSPS) is 20.3. The number of aliphatic hydroxyl groups is 1. The first-order valence-electron chi connectivity index (χ1n) is 6.65. The van der Waals surface area contributed by atoms with Gasteiger partial charge in [-0.05, 0) is 17.8 Å². The fraction of sp³-hybridized carbons (Fsp3) is 0.312. The number of rotatable bonds is 4. The Hall–Kier alpha value is -1.78. The molecular formula is C16H19ClN2O2. The van der Waals surface area contributed by atoms with E-state index in [0.717, 1.165) is 5.56 Å². The number of fused-ring (bicyclic) bond motifs is 1. The molecule has 3 N–H and O–H groups in total. The second kappa shape index (κ2) is 5.54. The molecule has 2 rings (SSSR count). The van der Waals surface area contributed by atoms with Crippen LogP contribution >= 0.6 is 11.6 Å². The quantitative estimate of drug-likeness (QED) is 0.897. The number of benzene rings is 1. The Morgan fingerprint density at radius 1 is 1.57 bits per heavy atom. The Morgan fingerprint density at radius 2 is 2.24 bits per heavy atom. The third kappa shape index (κ3) is 2.24. The van der Waals surface area contributed by atoms with Crippen molar-refractivity contribution in [1.82, 2.24) is 4.90 Å². The SMILES string of the molecule is C=CN(/C(=C\N)CO)C1c2cccc(Cl)c2C(=O)C1(C)C. The molecule has 0 aliphatic heterocycles. The number of hydrogen-bond donors (Lipinski definition) is 2. The number of Topliss-reactive ketones (excluding diaryl/α,β-unsaturated/α-hetero) is 1. The summed E-state index contributed by atoms with van der Waals surface area (Å²) in [6.45, 7) is 7.26. The van der Waals surface area contributed by atoms with Gasteiger partial charge in [-0.15, -0.1) is 0 Å². The zero-order chi connectivity index (χ0) is 15.8. The summed E-state index contributed by atoms with van der Waals surface area (Å²) in [7, 11) is 0. The second-order valence-electron chi connectivity index (χ2n) is 5.56. The molecule has 0 heterocycles. The Kier molecular flexibility index (Phi) is 4.12. The lowest BCUT2D eigenvalue weighted by Crippen LogP contribution is -2.35. The lowest BCUT2D eigenvalue weighted by molar-refractivity contribution is 0.0747. The van der Waals surface area contributed by atoms with Crippen LogP contribution in [0.2, 0.25) is 5.02 Å². The molecule has 1 atom stereocenters. The zero-order valence-electron chi connectivity index (χ0n) is 12.1. The first-order chi connectivity index (χ1) is 9.89. The number of carbonyl (C=O) groups excluding carboxylic acids is 1. The highest BCUT2D eigenvalue weighted by molar-refractivity contribution is 6.34. The lowest BCUT2D eigenvalue weighted by atomic mass is 9.83. The number of nitrogens with two attached hydrogens (primary N) is 1. The maximum absolute atomic E-state index is 12.7. The molecule has 0 radical (unpaired) electrons. The molecule has 21 heavy (non-hydrogen) atoms. The van der Waals surface area contributed by atoms with Crippen LogP contribution in [0.1, 0.15) is 35.8 Å². The van der Waals surface area contributed by atoms with E-state index in [0.29, 0.717) is 16.3 Å². The van der Waals surface area contributed by atoms with Gasteiger partial charge in [0.15, 0.2) is 5.78 Å². The highest BCUT2D eigenvalue weighted by atomic mass is 35.5.